The number of aryl methyl sites for hydroxylation is 1. The molecule has 0 fully saturated rings. The Bertz CT molecular complexity index is 315. The average molecular weight is 178 g/mol. The number of pyridine rings is 1. The van der Waals surface area contributed by atoms with Gasteiger partial charge in [0.2, 0.25) is 5.69 Å². The van der Waals surface area contributed by atoms with Crippen LogP contribution in [0.15, 0.2) is 17.2 Å². The predicted molar refractivity (Wildman–Crippen MR) is 51.7 cm³/mol. The lowest BCUT2D eigenvalue weighted by Crippen LogP contribution is -1.87. The third-order valence-corrected chi connectivity index (χ3v) is 2.26. The fourth-order valence-corrected chi connectivity index (χ4v) is 1.43. The SMILES string of the molecule is [C-]#[N+]c1ccc(CC)nc1SC. The van der Waals surface area contributed by atoms with Crippen LogP contribution in [0, 0.1) is 6.57 Å². The molecule has 1 aromatic rings. The van der Waals surface area contributed by atoms with Crippen molar-refractivity contribution in [3.8, 4) is 0 Å². The molecule has 0 aliphatic heterocycles. The first-order valence-electron chi connectivity index (χ1n) is 3.73. The van der Waals surface area contributed by atoms with Gasteiger partial charge in [0.25, 0.3) is 0 Å². The van der Waals surface area contributed by atoms with Crippen LogP contribution in [0.3, 0.4) is 0 Å². The van der Waals surface area contributed by atoms with Crippen molar-refractivity contribution in [2.45, 2.75) is 18.4 Å². The largest absolute Gasteiger partial charge is 0.258 e. The van der Waals surface area contributed by atoms with Crippen molar-refractivity contribution in [1.82, 2.24) is 4.98 Å². The number of hydrogen-bond acceptors (Lipinski definition) is 2. The van der Waals surface area contributed by atoms with E-state index in [1.807, 2.05) is 18.4 Å². The van der Waals surface area contributed by atoms with E-state index < -0.39 is 0 Å². The summed E-state index contributed by atoms with van der Waals surface area (Å²) in [6, 6.07) is 3.75. The first-order valence-corrected chi connectivity index (χ1v) is 4.95. The second-order valence-electron chi connectivity index (χ2n) is 2.30. The van der Waals surface area contributed by atoms with Crippen LogP contribution in [0.2, 0.25) is 0 Å². The van der Waals surface area contributed by atoms with Crippen LogP contribution in [0.4, 0.5) is 5.69 Å². The van der Waals surface area contributed by atoms with Gasteiger partial charge in [0, 0.05) is 5.69 Å². The minimum absolute atomic E-state index is 0.653. The summed E-state index contributed by atoms with van der Waals surface area (Å²) < 4.78 is 0. The zero-order chi connectivity index (χ0) is 8.97. The molecule has 0 amide bonds. The molecule has 0 radical (unpaired) electrons. The quantitative estimate of drug-likeness (QED) is 0.511. The molecule has 62 valence electrons. The molecule has 0 saturated heterocycles. The lowest BCUT2D eigenvalue weighted by atomic mass is 10.3. The van der Waals surface area contributed by atoms with E-state index >= 15 is 0 Å². The zero-order valence-electron chi connectivity index (χ0n) is 7.16. The highest BCUT2D eigenvalue weighted by Gasteiger charge is 2.02. The van der Waals surface area contributed by atoms with Crippen molar-refractivity contribution in [2.75, 3.05) is 6.26 Å². The standard InChI is InChI=1S/C9H10N2S/c1-4-7-5-6-8(10-2)9(11-7)12-3/h5-6H,4H2,1,3H3. The fraction of sp³-hybridized carbons (Fsp3) is 0.333. The van der Waals surface area contributed by atoms with Gasteiger partial charge >= 0.3 is 0 Å². The number of aromatic nitrogens is 1. The van der Waals surface area contributed by atoms with Gasteiger partial charge in [-0.25, -0.2) is 4.85 Å². The second-order valence-corrected chi connectivity index (χ2v) is 3.09. The molecule has 0 bridgehead atoms. The Balaban J connectivity index is 3.13. The van der Waals surface area contributed by atoms with E-state index in [2.05, 4.69) is 16.8 Å². The van der Waals surface area contributed by atoms with Gasteiger partial charge in [-0.3, -0.25) is 4.98 Å². The lowest BCUT2D eigenvalue weighted by Gasteiger charge is -2.01. The van der Waals surface area contributed by atoms with Crippen LogP contribution < -0.4 is 0 Å². The normalized spacial score (nSPS) is 9.42. The van der Waals surface area contributed by atoms with Crippen LogP contribution in [0.25, 0.3) is 4.85 Å². The third-order valence-electron chi connectivity index (χ3n) is 1.57. The maximum atomic E-state index is 6.89. The Hall–Kier alpha value is -1.01. The molecule has 0 aliphatic rings. The number of rotatable bonds is 2. The summed E-state index contributed by atoms with van der Waals surface area (Å²) in [4.78, 5) is 7.71. The molecule has 1 heterocycles. The van der Waals surface area contributed by atoms with Gasteiger partial charge in [0.05, 0.1) is 6.57 Å². The Morgan fingerprint density at radius 3 is 2.83 bits per heavy atom. The Morgan fingerprint density at radius 2 is 2.33 bits per heavy atom. The van der Waals surface area contributed by atoms with Gasteiger partial charge in [-0.1, -0.05) is 19.1 Å². The molecule has 1 rings (SSSR count). The number of nitrogens with zero attached hydrogens (tertiary/aromatic N) is 2. The average Bonchev–Trinajstić information content (AvgIpc) is 2.16. The van der Waals surface area contributed by atoms with Crippen molar-refractivity contribution in [3.63, 3.8) is 0 Å². The molecule has 1 aromatic heterocycles. The van der Waals surface area contributed by atoms with Crippen molar-refractivity contribution >= 4 is 17.4 Å². The van der Waals surface area contributed by atoms with Gasteiger partial charge < -0.3 is 0 Å². The highest BCUT2D eigenvalue weighted by atomic mass is 32.2. The summed E-state index contributed by atoms with van der Waals surface area (Å²) >= 11 is 1.52. The van der Waals surface area contributed by atoms with Gasteiger partial charge in [0.15, 0.2) is 0 Å². The summed E-state index contributed by atoms with van der Waals surface area (Å²) in [6.45, 7) is 8.95. The van der Waals surface area contributed by atoms with Gasteiger partial charge in [-0.15, -0.1) is 11.8 Å². The number of hydrogen-bond donors (Lipinski definition) is 0. The fourth-order valence-electron chi connectivity index (χ4n) is 0.904. The summed E-state index contributed by atoms with van der Waals surface area (Å²) in [5.74, 6) is 0. The molecule has 3 heteroatoms. The predicted octanol–water partition coefficient (Wildman–Crippen LogP) is 2.92. The van der Waals surface area contributed by atoms with Crippen molar-refractivity contribution < 1.29 is 0 Å². The van der Waals surface area contributed by atoms with Crippen LogP contribution in [0.1, 0.15) is 12.6 Å². The minimum Gasteiger partial charge on any atom is -0.258 e. The van der Waals surface area contributed by atoms with E-state index in [1.165, 1.54) is 11.8 Å². The third kappa shape index (κ3) is 1.77. The van der Waals surface area contributed by atoms with Crippen molar-refractivity contribution in [3.05, 3.63) is 29.2 Å². The smallest absolute Gasteiger partial charge is 0.218 e. The lowest BCUT2D eigenvalue weighted by molar-refractivity contribution is 0.980. The maximum Gasteiger partial charge on any atom is 0.218 e. The maximum absolute atomic E-state index is 6.89. The monoisotopic (exact) mass is 178 g/mol. The molecule has 0 N–H and O–H groups in total. The van der Waals surface area contributed by atoms with E-state index in [9.17, 15) is 0 Å². The molecule has 0 aliphatic carbocycles. The second kappa shape index (κ2) is 4.13. The molecule has 2 nitrogen and oxygen atoms in total. The van der Waals surface area contributed by atoms with E-state index in [0.717, 1.165) is 17.1 Å². The zero-order valence-corrected chi connectivity index (χ0v) is 7.98. The van der Waals surface area contributed by atoms with E-state index in [1.54, 1.807) is 0 Å². The molecule has 0 aromatic carbocycles. The van der Waals surface area contributed by atoms with Crippen LogP contribution >= 0.6 is 11.8 Å². The molecule has 0 saturated carbocycles. The van der Waals surface area contributed by atoms with Gasteiger partial charge in [-0.2, -0.15) is 0 Å². The van der Waals surface area contributed by atoms with E-state index in [0.29, 0.717) is 5.69 Å². The molecular weight excluding hydrogens is 168 g/mol. The molecule has 0 unspecified atom stereocenters. The van der Waals surface area contributed by atoms with Crippen LogP contribution in [0.5, 0.6) is 0 Å². The highest BCUT2D eigenvalue weighted by molar-refractivity contribution is 7.98. The summed E-state index contributed by atoms with van der Waals surface area (Å²) in [5, 5.41) is 0.837. The van der Waals surface area contributed by atoms with Gasteiger partial charge in [-0.05, 0) is 12.7 Å². The molecular formula is C9H10N2S. The Kier molecular flexibility index (Phi) is 3.12. The van der Waals surface area contributed by atoms with Crippen LogP contribution in [-0.4, -0.2) is 11.2 Å². The molecule has 0 spiro atoms. The Labute approximate surface area is 76.8 Å². The number of thioether (sulfide) groups is 1. The summed E-state index contributed by atoms with van der Waals surface area (Å²) in [5.41, 5.74) is 1.70. The highest BCUT2D eigenvalue weighted by Crippen LogP contribution is 2.25. The van der Waals surface area contributed by atoms with E-state index in [4.69, 9.17) is 6.57 Å². The molecule has 0 atom stereocenters. The topological polar surface area (TPSA) is 17.2 Å². The molecule has 12 heavy (non-hydrogen) atoms. The van der Waals surface area contributed by atoms with Gasteiger partial charge in [0.1, 0.15) is 5.03 Å². The van der Waals surface area contributed by atoms with Crippen LogP contribution in [-0.2, 0) is 6.42 Å². The summed E-state index contributed by atoms with van der Waals surface area (Å²) in [7, 11) is 0. The van der Waals surface area contributed by atoms with Crippen molar-refractivity contribution in [1.29, 1.82) is 0 Å². The summed E-state index contributed by atoms with van der Waals surface area (Å²) in [6.07, 6.45) is 2.86. The van der Waals surface area contributed by atoms with E-state index in [-0.39, 0.29) is 0 Å². The Morgan fingerprint density at radius 1 is 1.58 bits per heavy atom. The minimum atomic E-state index is 0.653. The first kappa shape index (κ1) is 9.08. The first-order chi connectivity index (χ1) is 5.81. The van der Waals surface area contributed by atoms with Crippen molar-refractivity contribution in [2.24, 2.45) is 0 Å².